The zero-order valence-electron chi connectivity index (χ0n) is 18.2. The van der Waals surface area contributed by atoms with E-state index in [9.17, 15) is 19.5 Å². The first kappa shape index (κ1) is 22.4. The highest BCUT2D eigenvalue weighted by atomic mass is 32.2. The maximum atomic E-state index is 13.0. The smallest absolute Gasteiger partial charge is 0.324 e. The fourth-order valence-electron chi connectivity index (χ4n) is 5.95. The highest BCUT2D eigenvalue weighted by molar-refractivity contribution is 7.90. The van der Waals surface area contributed by atoms with E-state index in [1.807, 2.05) is 0 Å². The Morgan fingerprint density at radius 1 is 1.19 bits per heavy atom. The summed E-state index contributed by atoms with van der Waals surface area (Å²) < 4.78 is 17.2. The third-order valence-corrected chi connectivity index (χ3v) is 8.22. The van der Waals surface area contributed by atoms with Gasteiger partial charge in [-0.3, -0.25) is 19.8 Å². The van der Waals surface area contributed by atoms with Crippen molar-refractivity contribution in [3.8, 4) is 5.75 Å². The standard InChI is InChI=1S/C22H31N3O5S/c1-30-19-12-20(31(2)29)18(25(27)28)11-17(19)22(26)23-16-9-10-24(13-16)21-14-5-3-6-15(21)8-4-7-14/h11-12,14-16,21H,3-10,13H2,1-2H3,(H,23,26)/t14?,15?,16-,21?,31?/m0/s1. The molecule has 0 radical (unpaired) electrons. The molecule has 1 N–H and O–H groups in total. The average molecular weight is 450 g/mol. The van der Waals surface area contributed by atoms with E-state index in [-0.39, 0.29) is 33.8 Å². The summed E-state index contributed by atoms with van der Waals surface area (Å²) in [6.45, 7) is 1.80. The minimum Gasteiger partial charge on any atom is -0.611 e. The Morgan fingerprint density at radius 2 is 1.84 bits per heavy atom. The molecule has 3 fully saturated rings. The molecule has 1 amide bonds. The molecule has 1 aliphatic heterocycles. The number of hydrogen-bond donors (Lipinski definition) is 1. The number of hydrogen-bond acceptors (Lipinski definition) is 6. The van der Waals surface area contributed by atoms with Crippen LogP contribution in [0.2, 0.25) is 0 Å². The zero-order valence-corrected chi connectivity index (χ0v) is 19.0. The average Bonchev–Trinajstić information content (AvgIpc) is 3.20. The summed E-state index contributed by atoms with van der Waals surface area (Å²) in [6.07, 6.45) is 10.2. The molecule has 1 saturated heterocycles. The van der Waals surface area contributed by atoms with Crippen LogP contribution in [0.4, 0.5) is 5.69 Å². The molecule has 8 nitrogen and oxygen atoms in total. The van der Waals surface area contributed by atoms with Gasteiger partial charge in [0.05, 0.1) is 17.6 Å². The minimum absolute atomic E-state index is 0.0129. The first-order chi connectivity index (χ1) is 14.9. The Balaban J connectivity index is 1.47. The number of nitrogens with zero attached hydrogens (tertiary/aromatic N) is 2. The summed E-state index contributed by atoms with van der Waals surface area (Å²) in [5.41, 5.74) is -0.216. The molecule has 1 aromatic carbocycles. The van der Waals surface area contributed by atoms with Gasteiger partial charge in [0.15, 0.2) is 0 Å². The van der Waals surface area contributed by atoms with Crippen molar-refractivity contribution in [2.45, 2.75) is 61.9 Å². The normalized spacial score (nSPS) is 29.4. The summed E-state index contributed by atoms with van der Waals surface area (Å²) >= 11 is -1.57. The Hall–Kier alpha value is -1.84. The molecule has 1 unspecified atom stereocenters. The Morgan fingerprint density at radius 3 is 2.39 bits per heavy atom. The Labute approximate surface area is 186 Å². The molecule has 2 aliphatic carbocycles. The number of nitrogens with one attached hydrogen (secondary N) is 1. The van der Waals surface area contributed by atoms with E-state index in [2.05, 4.69) is 10.2 Å². The number of nitro groups is 1. The second-order valence-corrected chi connectivity index (χ2v) is 10.4. The highest BCUT2D eigenvalue weighted by Gasteiger charge is 2.42. The lowest BCUT2D eigenvalue weighted by atomic mass is 9.68. The van der Waals surface area contributed by atoms with Gasteiger partial charge in [0.1, 0.15) is 12.0 Å². The van der Waals surface area contributed by atoms with Crippen LogP contribution in [-0.2, 0) is 11.2 Å². The molecule has 0 spiro atoms. The van der Waals surface area contributed by atoms with E-state index in [1.165, 1.54) is 64.0 Å². The highest BCUT2D eigenvalue weighted by Crippen LogP contribution is 2.43. The van der Waals surface area contributed by atoms with E-state index in [4.69, 9.17) is 4.74 Å². The van der Waals surface area contributed by atoms with Crippen LogP contribution < -0.4 is 10.1 Å². The number of carbonyl (C=O) groups excluding carboxylic acids is 1. The molecular formula is C22H31N3O5S. The SMILES string of the molecule is COc1cc([S+](C)[O-])c([N+](=O)[O-])cc1C(=O)N[C@H]1CCN(C2C3CCCC2CCC3)C1. The van der Waals surface area contributed by atoms with E-state index >= 15 is 0 Å². The van der Waals surface area contributed by atoms with Gasteiger partial charge in [0, 0.05) is 37.3 Å². The Kier molecular flexibility index (Phi) is 6.74. The second kappa shape index (κ2) is 9.34. The van der Waals surface area contributed by atoms with Crippen LogP contribution in [0.15, 0.2) is 17.0 Å². The molecular weight excluding hydrogens is 418 g/mol. The fourth-order valence-corrected chi connectivity index (χ4v) is 6.65. The van der Waals surface area contributed by atoms with Crippen molar-refractivity contribution in [2.75, 3.05) is 26.5 Å². The predicted octanol–water partition coefficient (Wildman–Crippen LogP) is 3.11. The first-order valence-corrected chi connectivity index (χ1v) is 12.7. The lowest BCUT2D eigenvalue weighted by Crippen LogP contribution is -2.50. The molecule has 2 bridgehead atoms. The second-order valence-electron chi connectivity index (χ2n) is 9.06. The molecule has 4 rings (SSSR count). The van der Waals surface area contributed by atoms with E-state index < -0.39 is 16.1 Å². The summed E-state index contributed by atoms with van der Waals surface area (Å²) in [7, 11) is 1.40. The van der Waals surface area contributed by atoms with Gasteiger partial charge in [-0.2, -0.15) is 0 Å². The maximum Gasteiger partial charge on any atom is 0.324 e. The number of nitro benzene ring substituents is 1. The number of rotatable bonds is 6. The quantitative estimate of drug-likeness (QED) is 0.406. The van der Waals surface area contributed by atoms with Gasteiger partial charge < -0.3 is 14.6 Å². The molecule has 1 heterocycles. The molecule has 3 aliphatic rings. The monoisotopic (exact) mass is 449 g/mol. The van der Waals surface area contributed by atoms with Crippen molar-refractivity contribution in [1.29, 1.82) is 0 Å². The molecule has 31 heavy (non-hydrogen) atoms. The number of benzene rings is 1. The van der Waals surface area contributed by atoms with Crippen LogP contribution in [-0.4, -0.2) is 58.8 Å². The molecule has 0 aromatic heterocycles. The lowest BCUT2D eigenvalue weighted by Gasteiger charge is -2.47. The number of amides is 1. The third kappa shape index (κ3) is 4.54. The minimum atomic E-state index is -1.57. The van der Waals surface area contributed by atoms with Crippen molar-refractivity contribution in [3.63, 3.8) is 0 Å². The number of fused-ring (bicyclic) bond motifs is 2. The van der Waals surface area contributed by atoms with Gasteiger partial charge in [0.25, 0.3) is 5.91 Å². The molecule has 1 aromatic rings. The van der Waals surface area contributed by atoms with E-state index in [1.54, 1.807) is 0 Å². The predicted molar refractivity (Wildman–Crippen MR) is 118 cm³/mol. The Bertz CT molecular complexity index is 827. The summed E-state index contributed by atoms with van der Waals surface area (Å²) in [4.78, 5) is 26.5. The lowest BCUT2D eigenvalue weighted by molar-refractivity contribution is -0.387. The van der Waals surface area contributed by atoms with E-state index in [0.29, 0.717) is 6.04 Å². The molecule has 170 valence electrons. The number of ether oxygens (including phenoxy) is 1. The van der Waals surface area contributed by atoms with Crippen molar-refractivity contribution in [2.24, 2.45) is 11.8 Å². The fraction of sp³-hybridized carbons (Fsp3) is 0.682. The topological polar surface area (TPSA) is 108 Å². The summed E-state index contributed by atoms with van der Waals surface area (Å²) in [6, 6.07) is 3.17. The van der Waals surface area contributed by atoms with Crippen LogP contribution in [0, 0.1) is 22.0 Å². The van der Waals surface area contributed by atoms with Crippen molar-refractivity contribution in [1.82, 2.24) is 10.2 Å². The van der Waals surface area contributed by atoms with Crippen LogP contribution in [0.3, 0.4) is 0 Å². The largest absolute Gasteiger partial charge is 0.611 e. The van der Waals surface area contributed by atoms with E-state index in [0.717, 1.165) is 31.3 Å². The van der Waals surface area contributed by atoms with Crippen molar-refractivity contribution < 1.29 is 19.0 Å². The van der Waals surface area contributed by atoms with Gasteiger partial charge in [-0.1, -0.05) is 12.8 Å². The molecule has 2 saturated carbocycles. The van der Waals surface area contributed by atoms with Gasteiger partial charge in [-0.05, 0) is 55.1 Å². The van der Waals surface area contributed by atoms with Crippen LogP contribution in [0.1, 0.15) is 55.3 Å². The summed E-state index contributed by atoms with van der Waals surface area (Å²) in [5.74, 6) is 1.38. The number of carbonyl (C=O) groups is 1. The number of methoxy groups -OCH3 is 1. The molecule has 9 heteroatoms. The molecule has 2 atom stereocenters. The third-order valence-electron chi connectivity index (χ3n) is 7.27. The first-order valence-electron chi connectivity index (χ1n) is 11.1. The number of likely N-dealkylation sites (tertiary alicyclic amines) is 1. The zero-order chi connectivity index (χ0) is 22.1. The van der Waals surface area contributed by atoms with Crippen LogP contribution in [0.5, 0.6) is 5.75 Å². The van der Waals surface area contributed by atoms with Gasteiger partial charge in [-0.15, -0.1) is 0 Å². The summed E-state index contributed by atoms with van der Waals surface area (Å²) in [5, 5.41) is 14.5. The van der Waals surface area contributed by atoms with Gasteiger partial charge in [-0.25, -0.2) is 0 Å². The maximum absolute atomic E-state index is 13.0. The van der Waals surface area contributed by atoms with Crippen molar-refractivity contribution in [3.05, 3.63) is 27.8 Å². The van der Waals surface area contributed by atoms with Gasteiger partial charge >= 0.3 is 5.69 Å². The van der Waals surface area contributed by atoms with Gasteiger partial charge in [0.2, 0.25) is 4.90 Å². The van der Waals surface area contributed by atoms with Crippen molar-refractivity contribution >= 4 is 22.8 Å². The van der Waals surface area contributed by atoms with Crippen LogP contribution >= 0.6 is 0 Å². The van der Waals surface area contributed by atoms with Crippen LogP contribution in [0.25, 0.3) is 0 Å².